The van der Waals surface area contributed by atoms with Crippen LogP contribution in [0.1, 0.15) is 30.9 Å². The summed E-state index contributed by atoms with van der Waals surface area (Å²) >= 11 is 0. The number of aryl methyl sites for hydroxylation is 1. The Balaban J connectivity index is 1.73. The van der Waals surface area contributed by atoms with Crippen LogP contribution in [0.5, 0.6) is 0 Å². The fourth-order valence-electron chi connectivity index (χ4n) is 3.29. The minimum Gasteiger partial charge on any atom is -0.319 e. The SMILES string of the molecule is CCC1(c2ccc(F)cc2)NC(=O)N(CCCc2ccccc2)C1=O. The number of amides is 3. The van der Waals surface area contributed by atoms with Crippen molar-refractivity contribution in [1.29, 1.82) is 0 Å². The van der Waals surface area contributed by atoms with Gasteiger partial charge in [-0.3, -0.25) is 9.69 Å². The fourth-order valence-corrected chi connectivity index (χ4v) is 3.29. The van der Waals surface area contributed by atoms with Crippen LogP contribution in [0.25, 0.3) is 0 Å². The maximum absolute atomic E-state index is 13.2. The van der Waals surface area contributed by atoms with E-state index in [9.17, 15) is 14.0 Å². The first-order chi connectivity index (χ1) is 12.1. The molecule has 0 spiro atoms. The summed E-state index contributed by atoms with van der Waals surface area (Å²) < 4.78 is 13.2. The van der Waals surface area contributed by atoms with Crippen LogP contribution in [0.15, 0.2) is 54.6 Å². The summed E-state index contributed by atoms with van der Waals surface area (Å²) in [5.74, 6) is -0.633. The largest absolute Gasteiger partial charge is 0.325 e. The van der Waals surface area contributed by atoms with E-state index in [0.717, 1.165) is 6.42 Å². The molecule has 0 saturated carbocycles. The summed E-state index contributed by atoms with van der Waals surface area (Å²) in [6.45, 7) is 2.21. The molecular weight excluding hydrogens is 319 g/mol. The number of nitrogens with zero attached hydrogens (tertiary/aromatic N) is 1. The number of halogens is 1. The molecule has 3 rings (SSSR count). The van der Waals surface area contributed by atoms with Gasteiger partial charge in [-0.15, -0.1) is 0 Å². The third kappa shape index (κ3) is 3.27. The molecule has 1 heterocycles. The molecule has 4 nitrogen and oxygen atoms in total. The summed E-state index contributed by atoms with van der Waals surface area (Å²) in [6.07, 6.45) is 1.92. The van der Waals surface area contributed by atoms with Crippen molar-refractivity contribution >= 4 is 11.9 Å². The second kappa shape index (κ2) is 7.05. The molecule has 130 valence electrons. The van der Waals surface area contributed by atoms with Crippen molar-refractivity contribution in [2.24, 2.45) is 0 Å². The zero-order chi connectivity index (χ0) is 17.9. The second-order valence-corrected chi connectivity index (χ2v) is 6.24. The lowest BCUT2D eigenvalue weighted by Gasteiger charge is -2.25. The molecule has 1 saturated heterocycles. The molecule has 3 amide bonds. The summed E-state index contributed by atoms with van der Waals surface area (Å²) in [7, 11) is 0. The van der Waals surface area contributed by atoms with E-state index >= 15 is 0 Å². The van der Waals surface area contributed by atoms with Crippen LogP contribution in [0.4, 0.5) is 9.18 Å². The summed E-state index contributed by atoms with van der Waals surface area (Å²) in [4.78, 5) is 26.6. The maximum Gasteiger partial charge on any atom is 0.325 e. The number of hydrogen-bond donors (Lipinski definition) is 1. The number of benzene rings is 2. The highest BCUT2D eigenvalue weighted by Gasteiger charge is 2.50. The van der Waals surface area contributed by atoms with Crippen molar-refractivity contribution in [1.82, 2.24) is 10.2 Å². The van der Waals surface area contributed by atoms with E-state index < -0.39 is 5.54 Å². The molecule has 0 aliphatic carbocycles. The van der Waals surface area contributed by atoms with E-state index in [-0.39, 0.29) is 17.8 Å². The third-order valence-electron chi connectivity index (χ3n) is 4.73. The predicted octanol–water partition coefficient (Wildman–Crippen LogP) is 3.62. The van der Waals surface area contributed by atoms with Crippen molar-refractivity contribution in [3.05, 3.63) is 71.5 Å². The van der Waals surface area contributed by atoms with Crippen LogP contribution in [0.3, 0.4) is 0 Å². The van der Waals surface area contributed by atoms with Gasteiger partial charge in [0.2, 0.25) is 0 Å². The van der Waals surface area contributed by atoms with Gasteiger partial charge in [-0.05, 0) is 42.5 Å². The van der Waals surface area contributed by atoms with E-state index in [2.05, 4.69) is 5.32 Å². The van der Waals surface area contributed by atoms with Crippen LogP contribution >= 0.6 is 0 Å². The molecule has 1 aliphatic rings. The first-order valence-electron chi connectivity index (χ1n) is 8.51. The number of nitrogens with one attached hydrogen (secondary N) is 1. The molecule has 0 radical (unpaired) electrons. The van der Waals surface area contributed by atoms with Gasteiger partial charge in [0.15, 0.2) is 0 Å². The van der Waals surface area contributed by atoms with E-state index in [1.54, 1.807) is 12.1 Å². The molecule has 1 aliphatic heterocycles. The Morgan fingerprint density at radius 1 is 1.04 bits per heavy atom. The molecule has 2 aromatic carbocycles. The summed E-state index contributed by atoms with van der Waals surface area (Å²) in [5.41, 5.74) is 0.688. The first kappa shape index (κ1) is 17.1. The molecule has 1 fully saturated rings. The lowest BCUT2D eigenvalue weighted by molar-refractivity contribution is -0.131. The maximum atomic E-state index is 13.2. The Hall–Kier alpha value is -2.69. The summed E-state index contributed by atoms with van der Waals surface area (Å²) in [6, 6.07) is 15.3. The topological polar surface area (TPSA) is 49.4 Å². The zero-order valence-corrected chi connectivity index (χ0v) is 14.2. The minimum atomic E-state index is -1.10. The number of hydrogen-bond acceptors (Lipinski definition) is 2. The minimum absolute atomic E-state index is 0.264. The Labute approximate surface area is 146 Å². The number of urea groups is 1. The normalized spacial score (nSPS) is 20.0. The van der Waals surface area contributed by atoms with Crippen LogP contribution in [-0.4, -0.2) is 23.4 Å². The van der Waals surface area contributed by atoms with Gasteiger partial charge in [-0.1, -0.05) is 49.4 Å². The van der Waals surface area contributed by atoms with Crippen LogP contribution in [0.2, 0.25) is 0 Å². The van der Waals surface area contributed by atoms with Crippen molar-refractivity contribution in [2.75, 3.05) is 6.54 Å². The quantitative estimate of drug-likeness (QED) is 0.817. The number of carbonyl (C=O) groups excluding carboxylic acids is 2. The van der Waals surface area contributed by atoms with Gasteiger partial charge in [0.1, 0.15) is 11.4 Å². The van der Waals surface area contributed by atoms with Crippen LogP contribution < -0.4 is 5.32 Å². The van der Waals surface area contributed by atoms with E-state index in [4.69, 9.17) is 0 Å². The van der Waals surface area contributed by atoms with Gasteiger partial charge in [0.05, 0.1) is 0 Å². The standard InChI is InChI=1S/C20H21FN2O2/c1-2-20(16-10-12-17(21)13-11-16)18(24)23(19(25)22-20)14-6-9-15-7-4-3-5-8-15/h3-5,7-8,10-13H,2,6,9,14H2,1H3,(H,22,25). The summed E-state index contributed by atoms with van der Waals surface area (Å²) in [5, 5.41) is 2.82. The molecule has 1 atom stereocenters. The molecule has 1 unspecified atom stereocenters. The van der Waals surface area contributed by atoms with Gasteiger partial charge in [0.25, 0.3) is 5.91 Å². The Bertz CT molecular complexity index is 761. The van der Waals surface area contributed by atoms with Crippen molar-refractivity contribution in [3.63, 3.8) is 0 Å². The third-order valence-corrected chi connectivity index (χ3v) is 4.73. The molecular formula is C20H21FN2O2. The van der Waals surface area contributed by atoms with Gasteiger partial charge < -0.3 is 5.32 Å². The second-order valence-electron chi connectivity index (χ2n) is 6.24. The molecule has 0 aromatic heterocycles. The Morgan fingerprint density at radius 3 is 2.36 bits per heavy atom. The lowest BCUT2D eigenvalue weighted by Crippen LogP contribution is -2.43. The molecule has 2 aromatic rings. The lowest BCUT2D eigenvalue weighted by atomic mass is 9.87. The Kier molecular flexibility index (Phi) is 4.83. The monoisotopic (exact) mass is 340 g/mol. The molecule has 0 bridgehead atoms. The smallest absolute Gasteiger partial charge is 0.319 e. The Morgan fingerprint density at radius 2 is 1.72 bits per heavy atom. The first-order valence-corrected chi connectivity index (χ1v) is 8.51. The highest BCUT2D eigenvalue weighted by atomic mass is 19.1. The fraction of sp³-hybridized carbons (Fsp3) is 0.300. The van der Waals surface area contributed by atoms with Crippen molar-refractivity contribution < 1.29 is 14.0 Å². The van der Waals surface area contributed by atoms with Gasteiger partial charge in [-0.2, -0.15) is 0 Å². The van der Waals surface area contributed by atoms with Gasteiger partial charge in [-0.25, -0.2) is 9.18 Å². The average Bonchev–Trinajstić information content (AvgIpc) is 2.88. The van der Waals surface area contributed by atoms with Crippen LogP contribution in [-0.2, 0) is 16.8 Å². The van der Waals surface area contributed by atoms with Gasteiger partial charge >= 0.3 is 6.03 Å². The highest BCUT2D eigenvalue weighted by Crippen LogP contribution is 2.32. The van der Waals surface area contributed by atoms with E-state index in [1.807, 2.05) is 37.3 Å². The number of rotatable bonds is 6. The molecule has 25 heavy (non-hydrogen) atoms. The van der Waals surface area contributed by atoms with Crippen molar-refractivity contribution in [3.8, 4) is 0 Å². The molecule has 1 N–H and O–H groups in total. The van der Waals surface area contributed by atoms with Crippen molar-refractivity contribution in [2.45, 2.75) is 31.7 Å². The zero-order valence-electron chi connectivity index (χ0n) is 14.2. The highest BCUT2D eigenvalue weighted by molar-refractivity contribution is 6.07. The van der Waals surface area contributed by atoms with Crippen LogP contribution in [0, 0.1) is 5.82 Å². The van der Waals surface area contributed by atoms with E-state index in [1.165, 1.54) is 22.6 Å². The van der Waals surface area contributed by atoms with E-state index in [0.29, 0.717) is 24.9 Å². The number of carbonyl (C=O) groups is 2. The average molecular weight is 340 g/mol. The van der Waals surface area contributed by atoms with Gasteiger partial charge in [0, 0.05) is 6.54 Å². The predicted molar refractivity (Wildman–Crippen MR) is 93.4 cm³/mol. The number of imide groups is 1. The molecule has 5 heteroatoms.